The van der Waals surface area contributed by atoms with Crippen molar-refractivity contribution in [3.63, 3.8) is 0 Å². The number of carbonyl (C=O) groups is 1. The lowest BCUT2D eigenvalue weighted by molar-refractivity contribution is 0.0595. The third-order valence-corrected chi connectivity index (χ3v) is 2.87. The van der Waals surface area contributed by atoms with Crippen LogP contribution in [0.4, 0.5) is 4.39 Å². The predicted octanol–water partition coefficient (Wildman–Crippen LogP) is 3.50. The first-order valence-corrected chi connectivity index (χ1v) is 6.16. The number of rotatable bonds is 4. The van der Waals surface area contributed by atoms with Crippen molar-refractivity contribution >= 4 is 5.97 Å². The Hall–Kier alpha value is -2.36. The lowest BCUT2D eigenvalue weighted by Crippen LogP contribution is -2.05. The average Bonchev–Trinajstić information content (AvgIpc) is 2.46. The normalized spacial score (nSPS) is 10.2. The molecule has 104 valence electrons. The molecule has 0 atom stereocenters. The van der Waals surface area contributed by atoms with Crippen molar-refractivity contribution in [3.8, 4) is 5.75 Å². The first-order chi connectivity index (χ1) is 9.60. The van der Waals surface area contributed by atoms with Crippen LogP contribution in [0.15, 0.2) is 42.5 Å². The Morgan fingerprint density at radius 3 is 2.45 bits per heavy atom. The fourth-order valence-corrected chi connectivity index (χ4v) is 1.73. The molecule has 0 aliphatic rings. The van der Waals surface area contributed by atoms with Crippen LogP contribution in [0.25, 0.3) is 0 Å². The fourth-order valence-electron chi connectivity index (χ4n) is 1.73. The van der Waals surface area contributed by atoms with Crippen molar-refractivity contribution in [1.82, 2.24) is 0 Å². The molecule has 0 fully saturated rings. The van der Waals surface area contributed by atoms with Crippen LogP contribution in [0, 0.1) is 12.7 Å². The molecular formula is C16H15FO3. The van der Waals surface area contributed by atoms with Crippen LogP contribution >= 0.6 is 0 Å². The number of carbonyl (C=O) groups excluding carboxylic acids is 1. The minimum absolute atomic E-state index is 0.0772. The SMILES string of the molecule is COC(=O)c1ccc(COc2ccc(C)cc2)cc1F. The van der Waals surface area contributed by atoms with Gasteiger partial charge < -0.3 is 9.47 Å². The summed E-state index contributed by atoms with van der Waals surface area (Å²) in [4.78, 5) is 11.3. The number of halogens is 1. The zero-order valence-electron chi connectivity index (χ0n) is 11.4. The molecule has 0 radical (unpaired) electrons. The molecule has 0 N–H and O–H groups in total. The number of aryl methyl sites for hydroxylation is 1. The van der Waals surface area contributed by atoms with Gasteiger partial charge in [-0.15, -0.1) is 0 Å². The van der Waals surface area contributed by atoms with E-state index in [9.17, 15) is 9.18 Å². The van der Waals surface area contributed by atoms with Gasteiger partial charge in [0.25, 0.3) is 0 Å². The maximum atomic E-state index is 13.7. The van der Waals surface area contributed by atoms with E-state index in [-0.39, 0.29) is 12.2 Å². The first-order valence-electron chi connectivity index (χ1n) is 6.16. The van der Waals surface area contributed by atoms with Gasteiger partial charge in [-0.05, 0) is 36.8 Å². The number of benzene rings is 2. The second-order valence-corrected chi connectivity index (χ2v) is 4.41. The molecule has 0 heterocycles. The molecule has 0 unspecified atom stereocenters. The van der Waals surface area contributed by atoms with Gasteiger partial charge in [-0.25, -0.2) is 9.18 Å². The molecule has 20 heavy (non-hydrogen) atoms. The number of esters is 1. The Morgan fingerprint density at radius 1 is 1.15 bits per heavy atom. The van der Waals surface area contributed by atoms with E-state index in [2.05, 4.69) is 4.74 Å². The highest BCUT2D eigenvalue weighted by atomic mass is 19.1. The van der Waals surface area contributed by atoms with Gasteiger partial charge in [0.1, 0.15) is 18.2 Å². The zero-order valence-corrected chi connectivity index (χ0v) is 11.4. The molecule has 0 amide bonds. The highest BCUT2D eigenvalue weighted by molar-refractivity contribution is 5.89. The Balaban J connectivity index is 2.05. The summed E-state index contributed by atoms with van der Waals surface area (Å²) in [5, 5.41) is 0. The molecule has 0 aromatic heterocycles. The van der Waals surface area contributed by atoms with E-state index in [1.165, 1.54) is 19.2 Å². The van der Waals surface area contributed by atoms with E-state index in [0.717, 1.165) is 5.56 Å². The van der Waals surface area contributed by atoms with Gasteiger partial charge in [0.05, 0.1) is 12.7 Å². The third kappa shape index (κ3) is 3.35. The van der Waals surface area contributed by atoms with E-state index in [4.69, 9.17) is 4.74 Å². The molecule has 4 heteroatoms. The number of ether oxygens (including phenoxy) is 2. The maximum Gasteiger partial charge on any atom is 0.340 e. The van der Waals surface area contributed by atoms with Gasteiger partial charge in [0, 0.05) is 0 Å². The van der Waals surface area contributed by atoms with E-state index >= 15 is 0 Å². The van der Waals surface area contributed by atoms with Gasteiger partial charge in [-0.1, -0.05) is 23.8 Å². The monoisotopic (exact) mass is 274 g/mol. The summed E-state index contributed by atoms with van der Waals surface area (Å²) in [6.07, 6.45) is 0. The molecule has 2 aromatic rings. The Bertz CT molecular complexity index is 606. The molecule has 3 nitrogen and oxygen atoms in total. The minimum atomic E-state index is -0.687. The highest BCUT2D eigenvalue weighted by Crippen LogP contribution is 2.16. The van der Waals surface area contributed by atoms with Crippen molar-refractivity contribution < 1.29 is 18.7 Å². The second-order valence-electron chi connectivity index (χ2n) is 4.41. The summed E-state index contributed by atoms with van der Waals surface area (Å²) in [7, 11) is 1.22. The molecule has 0 spiro atoms. The zero-order chi connectivity index (χ0) is 14.5. The summed E-state index contributed by atoms with van der Waals surface area (Å²) in [6, 6.07) is 11.9. The highest BCUT2D eigenvalue weighted by Gasteiger charge is 2.12. The van der Waals surface area contributed by atoms with Crippen LogP contribution in [-0.4, -0.2) is 13.1 Å². The largest absolute Gasteiger partial charge is 0.489 e. The molecule has 0 saturated heterocycles. The van der Waals surface area contributed by atoms with Gasteiger partial charge >= 0.3 is 5.97 Å². The van der Waals surface area contributed by atoms with Crippen LogP contribution in [0.3, 0.4) is 0 Å². The smallest absolute Gasteiger partial charge is 0.340 e. The third-order valence-electron chi connectivity index (χ3n) is 2.87. The molecule has 0 saturated carbocycles. The summed E-state index contributed by atoms with van der Waals surface area (Å²) in [5.41, 5.74) is 1.72. The number of hydrogen-bond donors (Lipinski definition) is 0. The molecule has 2 aromatic carbocycles. The molecule has 0 aliphatic carbocycles. The first kappa shape index (κ1) is 14.1. The van der Waals surface area contributed by atoms with Gasteiger partial charge in [-0.3, -0.25) is 0 Å². The van der Waals surface area contributed by atoms with E-state index in [1.807, 2.05) is 31.2 Å². The van der Waals surface area contributed by atoms with Crippen molar-refractivity contribution in [2.75, 3.05) is 7.11 Å². The summed E-state index contributed by atoms with van der Waals surface area (Å²) in [5.74, 6) is -0.580. The minimum Gasteiger partial charge on any atom is -0.489 e. The molecular weight excluding hydrogens is 259 g/mol. The molecule has 2 rings (SSSR count). The van der Waals surface area contributed by atoms with Crippen molar-refractivity contribution in [2.45, 2.75) is 13.5 Å². The predicted molar refractivity (Wildman–Crippen MR) is 73.3 cm³/mol. The number of methoxy groups -OCH3 is 1. The molecule has 0 bridgehead atoms. The lowest BCUT2D eigenvalue weighted by Gasteiger charge is -2.08. The lowest BCUT2D eigenvalue weighted by atomic mass is 10.1. The Labute approximate surface area is 117 Å². The number of hydrogen-bond acceptors (Lipinski definition) is 3. The topological polar surface area (TPSA) is 35.5 Å². The maximum absolute atomic E-state index is 13.7. The summed E-state index contributed by atoms with van der Waals surface area (Å²) in [6.45, 7) is 2.23. The van der Waals surface area contributed by atoms with Crippen LogP contribution < -0.4 is 4.74 Å². The molecule has 0 aliphatic heterocycles. The van der Waals surface area contributed by atoms with Crippen molar-refractivity contribution in [3.05, 3.63) is 65.0 Å². The van der Waals surface area contributed by atoms with Crippen molar-refractivity contribution in [2.24, 2.45) is 0 Å². The van der Waals surface area contributed by atoms with Crippen LogP contribution in [0.5, 0.6) is 5.75 Å². The van der Waals surface area contributed by atoms with E-state index in [1.54, 1.807) is 6.07 Å². The summed E-state index contributed by atoms with van der Waals surface area (Å²) < 4.78 is 23.7. The van der Waals surface area contributed by atoms with Crippen molar-refractivity contribution in [1.29, 1.82) is 0 Å². The van der Waals surface area contributed by atoms with Crippen LogP contribution in [0.1, 0.15) is 21.5 Å². The summed E-state index contributed by atoms with van der Waals surface area (Å²) >= 11 is 0. The Morgan fingerprint density at radius 2 is 1.85 bits per heavy atom. The van der Waals surface area contributed by atoms with Gasteiger partial charge in [0.15, 0.2) is 0 Å². The van der Waals surface area contributed by atoms with E-state index < -0.39 is 11.8 Å². The van der Waals surface area contributed by atoms with Crippen LogP contribution in [-0.2, 0) is 11.3 Å². The van der Waals surface area contributed by atoms with Gasteiger partial charge in [0.2, 0.25) is 0 Å². The van der Waals surface area contributed by atoms with Gasteiger partial charge in [-0.2, -0.15) is 0 Å². The second kappa shape index (κ2) is 6.19. The fraction of sp³-hybridized carbons (Fsp3) is 0.188. The average molecular weight is 274 g/mol. The standard InChI is InChI=1S/C16H15FO3/c1-11-3-6-13(7-4-11)20-10-12-5-8-14(15(17)9-12)16(18)19-2/h3-9H,10H2,1-2H3. The quantitative estimate of drug-likeness (QED) is 0.800. The van der Waals surface area contributed by atoms with E-state index in [0.29, 0.717) is 11.3 Å². The van der Waals surface area contributed by atoms with Crippen LogP contribution in [0.2, 0.25) is 0 Å². The Kier molecular flexibility index (Phi) is 4.35.